The summed E-state index contributed by atoms with van der Waals surface area (Å²) in [5.41, 5.74) is 2.58. The van der Waals surface area contributed by atoms with E-state index >= 15 is 0 Å². The number of ketones is 1. The summed E-state index contributed by atoms with van der Waals surface area (Å²) in [6.45, 7) is 2.47. The highest BCUT2D eigenvalue weighted by molar-refractivity contribution is 8.00. The van der Waals surface area contributed by atoms with Gasteiger partial charge < -0.3 is 14.6 Å². The first-order valence-electron chi connectivity index (χ1n) is 14.4. The monoisotopic (exact) mass is 653 g/mol. The zero-order valence-electron chi connectivity index (χ0n) is 24.6. The van der Waals surface area contributed by atoms with Gasteiger partial charge in [-0.15, -0.1) is 10.2 Å². The number of halogens is 1. The Morgan fingerprint density at radius 2 is 1.59 bits per heavy atom. The number of amides is 1. The lowest BCUT2D eigenvalue weighted by Gasteiger charge is -2.23. The quantitative estimate of drug-likeness (QED) is 0.0512. The summed E-state index contributed by atoms with van der Waals surface area (Å²) < 4.78 is 26.3. The van der Waals surface area contributed by atoms with Crippen LogP contribution in [0, 0.1) is 5.82 Å². The summed E-state index contributed by atoms with van der Waals surface area (Å²) in [4.78, 5) is 28.5. The molecule has 0 spiro atoms. The van der Waals surface area contributed by atoms with Gasteiger partial charge in [0.1, 0.15) is 18.2 Å². The number of hydrogen-bond acceptors (Lipinski definition) is 9. The number of nitrogens with zero attached hydrogens (tertiary/aromatic N) is 3. The summed E-state index contributed by atoms with van der Waals surface area (Å²) >= 11 is 2.63. The fourth-order valence-electron chi connectivity index (χ4n) is 5.00. The Labute approximate surface area is 273 Å². The molecule has 0 aliphatic carbocycles. The molecule has 1 fully saturated rings. The predicted octanol–water partition coefficient (Wildman–Crippen LogP) is 7.57. The van der Waals surface area contributed by atoms with Crippen LogP contribution in [0.5, 0.6) is 11.5 Å². The van der Waals surface area contributed by atoms with Gasteiger partial charge in [-0.1, -0.05) is 89.8 Å². The van der Waals surface area contributed by atoms with Gasteiger partial charge in [0.05, 0.1) is 18.2 Å². The summed E-state index contributed by atoms with van der Waals surface area (Å²) in [6.07, 6.45) is 0. The highest BCUT2D eigenvalue weighted by Crippen LogP contribution is 2.45. The van der Waals surface area contributed by atoms with E-state index in [9.17, 15) is 19.1 Å². The molecule has 232 valence electrons. The van der Waals surface area contributed by atoms with Crippen molar-refractivity contribution in [1.82, 2.24) is 10.2 Å². The van der Waals surface area contributed by atoms with Crippen molar-refractivity contribution in [2.75, 3.05) is 11.5 Å². The SMILES string of the molecule is CCOc1cc(C2C(=C(O)c3ccc(F)cc3)C(=O)C(=O)N2c2nnc(SCc3ccccc3)s2)ccc1OCc1ccccc1. The summed E-state index contributed by atoms with van der Waals surface area (Å²) in [5.74, 6) is -1.19. The average Bonchev–Trinajstić information content (AvgIpc) is 3.65. The Kier molecular flexibility index (Phi) is 9.41. The number of hydrogen-bond donors (Lipinski definition) is 1. The summed E-state index contributed by atoms with van der Waals surface area (Å²) in [7, 11) is 0. The summed E-state index contributed by atoms with van der Waals surface area (Å²) in [6, 6.07) is 28.6. The third-order valence-electron chi connectivity index (χ3n) is 7.19. The van der Waals surface area contributed by atoms with E-state index < -0.39 is 29.3 Å². The van der Waals surface area contributed by atoms with E-state index in [1.54, 1.807) is 18.2 Å². The van der Waals surface area contributed by atoms with Gasteiger partial charge in [-0.25, -0.2) is 4.39 Å². The van der Waals surface area contributed by atoms with Crippen molar-refractivity contribution in [2.24, 2.45) is 0 Å². The smallest absolute Gasteiger partial charge is 0.301 e. The Morgan fingerprint density at radius 3 is 2.28 bits per heavy atom. The number of aliphatic hydroxyl groups is 1. The molecule has 1 aliphatic heterocycles. The Hall–Kier alpha value is -5.00. The van der Waals surface area contributed by atoms with Crippen molar-refractivity contribution in [3.05, 3.63) is 137 Å². The largest absolute Gasteiger partial charge is 0.507 e. The second kappa shape index (κ2) is 14.0. The minimum Gasteiger partial charge on any atom is -0.507 e. The van der Waals surface area contributed by atoms with Gasteiger partial charge >= 0.3 is 5.91 Å². The number of Topliss-reactive ketones (excluding diaryl/α,β-unsaturated/α-hetero) is 1. The van der Waals surface area contributed by atoms with Gasteiger partial charge in [-0.05, 0) is 60.0 Å². The van der Waals surface area contributed by atoms with Crippen LogP contribution in [0.4, 0.5) is 9.52 Å². The van der Waals surface area contributed by atoms with E-state index in [-0.39, 0.29) is 16.3 Å². The molecule has 1 aliphatic rings. The minimum absolute atomic E-state index is 0.161. The van der Waals surface area contributed by atoms with Crippen molar-refractivity contribution >= 4 is 45.7 Å². The predicted molar refractivity (Wildman–Crippen MR) is 175 cm³/mol. The molecule has 5 aromatic rings. The first kappa shape index (κ1) is 31.0. The van der Waals surface area contributed by atoms with Crippen LogP contribution in [0.25, 0.3) is 5.76 Å². The maximum Gasteiger partial charge on any atom is 0.301 e. The molecule has 6 rings (SSSR count). The number of thioether (sulfide) groups is 1. The number of aromatic nitrogens is 2. The number of aliphatic hydroxyl groups excluding tert-OH is 1. The number of carbonyl (C=O) groups excluding carboxylic acids is 2. The van der Waals surface area contributed by atoms with Crippen LogP contribution >= 0.6 is 23.1 Å². The van der Waals surface area contributed by atoms with E-state index in [2.05, 4.69) is 10.2 Å². The summed E-state index contributed by atoms with van der Waals surface area (Å²) in [5, 5.41) is 20.2. The van der Waals surface area contributed by atoms with E-state index in [1.807, 2.05) is 67.6 Å². The zero-order chi connectivity index (χ0) is 32.0. The molecule has 1 aromatic heterocycles. The fourth-order valence-corrected chi connectivity index (χ4v) is 6.83. The second-order valence-corrected chi connectivity index (χ2v) is 12.4. The van der Waals surface area contributed by atoms with Crippen LogP contribution in [0.3, 0.4) is 0 Å². The molecule has 2 heterocycles. The molecule has 0 bridgehead atoms. The van der Waals surface area contributed by atoms with Crippen molar-refractivity contribution in [2.45, 2.75) is 29.7 Å². The van der Waals surface area contributed by atoms with Crippen LogP contribution in [0.1, 0.15) is 35.2 Å². The maximum absolute atomic E-state index is 13.7. The molecular formula is C35H28FN3O5S2. The Balaban J connectivity index is 1.40. The molecule has 0 radical (unpaired) electrons. The number of benzene rings is 4. The van der Waals surface area contributed by atoms with Gasteiger partial charge in [0, 0.05) is 11.3 Å². The molecule has 1 unspecified atom stereocenters. The first-order valence-corrected chi connectivity index (χ1v) is 16.2. The molecule has 46 heavy (non-hydrogen) atoms. The van der Waals surface area contributed by atoms with Gasteiger partial charge in [0.2, 0.25) is 5.13 Å². The average molecular weight is 654 g/mol. The van der Waals surface area contributed by atoms with Gasteiger partial charge in [-0.2, -0.15) is 0 Å². The Bertz CT molecular complexity index is 1880. The van der Waals surface area contributed by atoms with Gasteiger partial charge in [-0.3, -0.25) is 14.5 Å². The molecule has 0 saturated carbocycles. The van der Waals surface area contributed by atoms with Crippen molar-refractivity contribution in [3.8, 4) is 11.5 Å². The van der Waals surface area contributed by atoms with Crippen molar-refractivity contribution < 1.29 is 28.6 Å². The second-order valence-electron chi connectivity index (χ2n) is 10.2. The number of carbonyl (C=O) groups is 2. The highest BCUT2D eigenvalue weighted by Gasteiger charge is 2.48. The normalized spacial score (nSPS) is 15.7. The lowest BCUT2D eigenvalue weighted by molar-refractivity contribution is -0.132. The molecular weight excluding hydrogens is 626 g/mol. The molecule has 8 nitrogen and oxygen atoms in total. The van der Waals surface area contributed by atoms with Crippen LogP contribution in [-0.2, 0) is 21.9 Å². The van der Waals surface area contributed by atoms with Crippen LogP contribution in [0.15, 0.2) is 113 Å². The van der Waals surface area contributed by atoms with Crippen LogP contribution in [-0.4, -0.2) is 33.6 Å². The zero-order valence-corrected chi connectivity index (χ0v) is 26.3. The lowest BCUT2D eigenvalue weighted by atomic mass is 9.95. The molecule has 11 heteroatoms. The first-order chi connectivity index (χ1) is 22.4. The Morgan fingerprint density at radius 1 is 0.891 bits per heavy atom. The molecule has 1 atom stereocenters. The minimum atomic E-state index is -1.08. The molecule has 1 amide bonds. The van der Waals surface area contributed by atoms with E-state index in [4.69, 9.17) is 9.47 Å². The van der Waals surface area contributed by atoms with E-state index in [0.29, 0.717) is 40.4 Å². The topological polar surface area (TPSA) is 102 Å². The maximum atomic E-state index is 13.7. The number of anilines is 1. The van der Waals surface area contributed by atoms with Gasteiger partial charge in [0.25, 0.3) is 5.78 Å². The third kappa shape index (κ3) is 6.65. The lowest BCUT2D eigenvalue weighted by Crippen LogP contribution is -2.29. The molecule has 4 aromatic carbocycles. The van der Waals surface area contributed by atoms with Crippen LogP contribution < -0.4 is 14.4 Å². The van der Waals surface area contributed by atoms with Crippen molar-refractivity contribution in [1.29, 1.82) is 0 Å². The third-order valence-corrected chi connectivity index (χ3v) is 9.32. The fraction of sp³-hybridized carbons (Fsp3) is 0.143. The van der Waals surface area contributed by atoms with Crippen LogP contribution in [0.2, 0.25) is 0 Å². The number of ether oxygens (including phenoxy) is 2. The molecule has 1 saturated heterocycles. The number of rotatable bonds is 11. The van der Waals surface area contributed by atoms with Gasteiger partial charge in [0.15, 0.2) is 15.8 Å². The van der Waals surface area contributed by atoms with E-state index in [1.165, 1.54) is 52.3 Å². The standard InChI is InChI=1S/C35H28FN3O5S2/c1-2-43-28-19-25(15-18-27(28)44-20-22-9-5-3-6-10-22)30-29(31(40)24-13-16-26(36)17-14-24)32(41)33(42)39(30)34-37-38-35(46-34)45-21-23-11-7-4-8-12-23/h3-19,30,40H,2,20-21H2,1H3. The molecule has 1 N–H and O–H groups in total. The van der Waals surface area contributed by atoms with Crippen molar-refractivity contribution in [3.63, 3.8) is 0 Å². The van der Waals surface area contributed by atoms with E-state index in [0.717, 1.165) is 11.1 Å². The highest BCUT2D eigenvalue weighted by atomic mass is 32.2.